The standard InChI is InChI=1S/C24H26F2N2O3S/c1-2-18-15-19(23(32-18)27-22(29)20-7-6-14-30-20)21(28-12-4-3-5-13-28)16-8-10-17(11-9-16)31-24(25)26/h6-11,14-15,21,24H,2-5,12-13H2,1H3,(H,27,29). The molecule has 170 valence electrons. The first-order chi connectivity index (χ1) is 15.5. The van der Waals surface area contributed by atoms with Gasteiger partial charge in [-0.05, 0) is 68.2 Å². The highest BCUT2D eigenvalue weighted by molar-refractivity contribution is 7.16. The first-order valence-corrected chi connectivity index (χ1v) is 11.6. The van der Waals surface area contributed by atoms with Crippen LogP contribution in [0.1, 0.15) is 58.8 Å². The minimum absolute atomic E-state index is 0.0978. The van der Waals surface area contributed by atoms with Crippen LogP contribution in [0.4, 0.5) is 13.8 Å². The molecule has 3 heterocycles. The van der Waals surface area contributed by atoms with Crippen LogP contribution < -0.4 is 10.1 Å². The number of nitrogens with one attached hydrogen (secondary N) is 1. The van der Waals surface area contributed by atoms with Crippen LogP contribution in [0.25, 0.3) is 0 Å². The number of furan rings is 1. The second-order valence-corrected chi connectivity index (χ2v) is 8.87. The molecule has 5 nitrogen and oxygen atoms in total. The number of thiophene rings is 1. The van der Waals surface area contributed by atoms with E-state index >= 15 is 0 Å². The molecule has 0 saturated carbocycles. The fourth-order valence-electron chi connectivity index (χ4n) is 4.10. The molecule has 32 heavy (non-hydrogen) atoms. The average molecular weight is 461 g/mol. The zero-order valence-corrected chi connectivity index (χ0v) is 18.7. The van der Waals surface area contributed by atoms with Crippen LogP contribution in [-0.2, 0) is 6.42 Å². The van der Waals surface area contributed by atoms with Gasteiger partial charge in [0.1, 0.15) is 10.8 Å². The van der Waals surface area contributed by atoms with Crippen molar-refractivity contribution in [2.75, 3.05) is 18.4 Å². The highest BCUT2D eigenvalue weighted by atomic mass is 32.1. The molecule has 1 unspecified atom stereocenters. The molecule has 0 spiro atoms. The number of hydrogen-bond donors (Lipinski definition) is 1. The van der Waals surface area contributed by atoms with Crippen molar-refractivity contribution < 1.29 is 22.7 Å². The molecule has 1 amide bonds. The summed E-state index contributed by atoms with van der Waals surface area (Å²) >= 11 is 1.56. The fraction of sp³-hybridized carbons (Fsp3) is 0.375. The lowest BCUT2D eigenvalue weighted by atomic mass is 9.95. The number of aryl methyl sites for hydroxylation is 1. The molecular weight excluding hydrogens is 434 g/mol. The Kier molecular flexibility index (Phi) is 7.22. The summed E-state index contributed by atoms with van der Waals surface area (Å²) in [6.45, 7) is 1.09. The third kappa shape index (κ3) is 5.19. The zero-order valence-electron chi connectivity index (χ0n) is 17.9. The molecule has 8 heteroatoms. The van der Waals surface area contributed by atoms with Crippen LogP contribution in [0, 0.1) is 0 Å². The molecule has 4 rings (SSSR count). The monoisotopic (exact) mass is 460 g/mol. The summed E-state index contributed by atoms with van der Waals surface area (Å²) < 4.78 is 35.0. The molecule has 1 fully saturated rings. The van der Waals surface area contributed by atoms with E-state index < -0.39 is 6.61 Å². The van der Waals surface area contributed by atoms with Crippen LogP contribution in [0.15, 0.2) is 53.1 Å². The number of halogens is 2. The predicted octanol–water partition coefficient (Wildman–Crippen LogP) is 6.33. The molecule has 1 saturated heterocycles. The van der Waals surface area contributed by atoms with Crippen molar-refractivity contribution in [2.45, 2.75) is 45.3 Å². The third-order valence-electron chi connectivity index (χ3n) is 5.60. The predicted molar refractivity (Wildman–Crippen MR) is 121 cm³/mol. The maximum atomic E-state index is 12.7. The number of benzene rings is 1. The summed E-state index contributed by atoms with van der Waals surface area (Å²) in [6.07, 6.45) is 5.71. The Morgan fingerprint density at radius 1 is 1.19 bits per heavy atom. The quantitative estimate of drug-likeness (QED) is 0.427. The SMILES string of the molecule is CCc1cc(C(c2ccc(OC(F)F)cc2)N2CCCCC2)c(NC(=O)c2ccco2)s1. The maximum Gasteiger partial charge on any atom is 0.387 e. The van der Waals surface area contributed by atoms with Crippen molar-refractivity contribution in [1.82, 2.24) is 4.90 Å². The Balaban J connectivity index is 1.70. The Bertz CT molecular complexity index is 1010. The number of ether oxygens (including phenoxy) is 1. The number of rotatable bonds is 8. The topological polar surface area (TPSA) is 54.7 Å². The number of likely N-dealkylation sites (tertiary alicyclic amines) is 1. The Hall–Kier alpha value is -2.71. The summed E-state index contributed by atoms with van der Waals surface area (Å²) in [4.78, 5) is 16.3. The molecule has 1 aromatic carbocycles. The van der Waals surface area contributed by atoms with E-state index in [1.165, 1.54) is 12.7 Å². The van der Waals surface area contributed by atoms with E-state index in [-0.39, 0.29) is 23.5 Å². The number of carbonyl (C=O) groups is 1. The van der Waals surface area contributed by atoms with Crippen LogP contribution in [0.5, 0.6) is 5.75 Å². The van der Waals surface area contributed by atoms with E-state index in [0.717, 1.165) is 53.4 Å². The van der Waals surface area contributed by atoms with E-state index in [4.69, 9.17) is 4.42 Å². The number of nitrogens with zero attached hydrogens (tertiary/aromatic N) is 1. The van der Waals surface area contributed by atoms with E-state index in [9.17, 15) is 13.6 Å². The van der Waals surface area contributed by atoms with Gasteiger partial charge in [0.2, 0.25) is 0 Å². The number of alkyl halides is 2. The van der Waals surface area contributed by atoms with Crippen molar-refractivity contribution in [3.63, 3.8) is 0 Å². The first-order valence-electron chi connectivity index (χ1n) is 10.8. The molecule has 1 atom stereocenters. The minimum atomic E-state index is -2.86. The van der Waals surface area contributed by atoms with E-state index in [1.54, 1.807) is 35.6 Å². The fourth-order valence-corrected chi connectivity index (χ4v) is 5.13. The summed E-state index contributed by atoms with van der Waals surface area (Å²) in [5, 5.41) is 3.81. The smallest absolute Gasteiger partial charge is 0.387 e. The van der Waals surface area contributed by atoms with Crippen LogP contribution in [0.3, 0.4) is 0 Å². The van der Waals surface area contributed by atoms with Crippen molar-refractivity contribution >= 4 is 22.2 Å². The molecule has 1 aliphatic rings. The summed E-state index contributed by atoms with van der Waals surface area (Å²) in [6, 6.07) is 12.2. The number of piperidine rings is 1. The van der Waals surface area contributed by atoms with Crippen molar-refractivity contribution in [3.8, 4) is 5.75 Å². The molecule has 1 aliphatic heterocycles. The summed E-state index contributed by atoms with van der Waals surface area (Å²) in [5.41, 5.74) is 1.98. The van der Waals surface area contributed by atoms with Gasteiger partial charge in [0.15, 0.2) is 5.76 Å². The van der Waals surface area contributed by atoms with Gasteiger partial charge in [-0.25, -0.2) is 0 Å². The second kappa shape index (κ2) is 10.3. The molecule has 2 aromatic heterocycles. The summed E-state index contributed by atoms with van der Waals surface area (Å²) in [5.74, 6) is 0.0938. The average Bonchev–Trinajstić information content (AvgIpc) is 3.46. The Labute approximate surface area is 190 Å². The van der Waals surface area contributed by atoms with Gasteiger partial charge < -0.3 is 14.5 Å². The Morgan fingerprint density at radius 3 is 2.56 bits per heavy atom. The van der Waals surface area contributed by atoms with Gasteiger partial charge in [-0.15, -0.1) is 11.3 Å². The second-order valence-electron chi connectivity index (χ2n) is 7.73. The van der Waals surface area contributed by atoms with E-state index in [0.29, 0.717) is 0 Å². The van der Waals surface area contributed by atoms with Gasteiger partial charge in [-0.1, -0.05) is 25.5 Å². The van der Waals surface area contributed by atoms with Gasteiger partial charge in [0, 0.05) is 10.4 Å². The summed E-state index contributed by atoms with van der Waals surface area (Å²) in [7, 11) is 0. The molecular formula is C24H26F2N2O3S. The Morgan fingerprint density at radius 2 is 1.94 bits per heavy atom. The maximum absolute atomic E-state index is 12.7. The van der Waals surface area contributed by atoms with Gasteiger partial charge in [-0.3, -0.25) is 9.69 Å². The van der Waals surface area contributed by atoms with Crippen LogP contribution >= 0.6 is 11.3 Å². The lowest BCUT2D eigenvalue weighted by Crippen LogP contribution is -2.34. The number of amides is 1. The first kappa shape index (κ1) is 22.5. The normalized spacial score (nSPS) is 15.6. The lowest BCUT2D eigenvalue weighted by molar-refractivity contribution is -0.0498. The molecule has 0 radical (unpaired) electrons. The number of anilines is 1. The van der Waals surface area contributed by atoms with E-state index in [1.807, 2.05) is 12.1 Å². The van der Waals surface area contributed by atoms with Crippen molar-refractivity contribution in [3.05, 3.63) is 70.5 Å². The van der Waals surface area contributed by atoms with E-state index in [2.05, 4.69) is 27.9 Å². The van der Waals surface area contributed by atoms with Gasteiger partial charge in [0.25, 0.3) is 5.91 Å². The van der Waals surface area contributed by atoms with Crippen LogP contribution in [-0.4, -0.2) is 30.5 Å². The molecule has 3 aromatic rings. The largest absolute Gasteiger partial charge is 0.459 e. The van der Waals surface area contributed by atoms with Gasteiger partial charge in [0.05, 0.1) is 12.3 Å². The highest BCUT2D eigenvalue weighted by Crippen LogP contribution is 2.41. The molecule has 1 N–H and O–H groups in total. The zero-order chi connectivity index (χ0) is 22.5. The minimum Gasteiger partial charge on any atom is -0.459 e. The molecule has 0 aliphatic carbocycles. The van der Waals surface area contributed by atoms with Gasteiger partial charge in [-0.2, -0.15) is 8.78 Å². The molecule has 0 bridgehead atoms. The van der Waals surface area contributed by atoms with Gasteiger partial charge >= 0.3 is 6.61 Å². The third-order valence-corrected chi connectivity index (χ3v) is 6.81. The lowest BCUT2D eigenvalue weighted by Gasteiger charge is -2.35. The van der Waals surface area contributed by atoms with Crippen molar-refractivity contribution in [1.29, 1.82) is 0 Å². The highest BCUT2D eigenvalue weighted by Gasteiger charge is 2.29. The number of hydrogen-bond acceptors (Lipinski definition) is 5. The number of carbonyl (C=O) groups excluding carboxylic acids is 1. The van der Waals surface area contributed by atoms with Crippen LogP contribution in [0.2, 0.25) is 0 Å². The van der Waals surface area contributed by atoms with Crippen molar-refractivity contribution in [2.24, 2.45) is 0 Å².